The van der Waals surface area contributed by atoms with E-state index in [4.69, 9.17) is 32.7 Å². The summed E-state index contributed by atoms with van der Waals surface area (Å²) in [4.78, 5) is 13.6. The second kappa shape index (κ2) is 9.20. The first-order valence-electron chi connectivity index (χ1n) is 8.01. The number of hydrogen-bond acceptors (Lipinski definition) is 7. The average molecular weight is 420 g/mol. The molecule has 8 nitrogen and oxygen atoms in total. The second-order valence-electron chi connectivity index (χ2n) is 5.49. The molecule has 0 saturated carbocycles. The molecule has 10 heteroatoms. The average Bonchev–Trinajstić information content (AvgIpc) is 2.67. The number of H-pyrrole nitrogens is 1. The Kier molecular flexibility index (Phi) is 6.46. The van der Waals surface area contributed by atoms with Crippen LogP contribution in [0.3, 0.4) is 0 Å². The lowest BCUT2D eigenvalue weighted by molar-refractivity contribution is 0.284. The van der Waals surface area contributed by atoms with Gasteiger partial charge >= 0.3 is 0 Å². The number of methoxy groups -OCH3 is 1. The zero-order valence-electron chi connectivity index (χ0n) is 14.6. The van der Waals surface area contributed by atoms with Crippen LogP contribution in [0, 0.1) is 0 Å². The van der Waals surface area contributed by atoms with Crippen LogP contribution in [0.5, 0.6) is 11.5 Å². The summed E-state index contributed by atoms with van der Waals surface area (Å²) in [5.74, 6) is 1.21. The maximum Gasteiger partial charge on any atom is 0.271 e. The highest BCUT2D eigenvalue weighted by molar-refractivity contribution is 6.35. The van der Waals surface area contributed by atoms with E-state index in [1.54, 1.807) is 43.5 Å². The van der Waals surface area contributed by atoms with E-state index in [0.717, 1.165) is 17.3 Å². The van der Waals surface area contributed by atoms with Crippen molar-refractivity contribution >= 4 is 35.4 Å². The molecular formula is C18H15Cl2N5O3. The van der Waals surface area contributed by atoms with Crippen molar-refractivity contribution in [2.24, 2.45) is 5.10 Å². The van der Waals surface area contributed by atoms with Crippen molar-refractivity contribution in [3.8, 4) is 11.5 Å². The predicted molar refractivity (Wildman–Crippen MR) is 108 cm³/mol. The van der Waals surface area contributed by atoms with Gasteiger partial charge in [-0.05, 0) is 35.9 Å². The van der Waals surface area contributed by atoms with E-state index in [2.05, 4.69) is 25.7 Å². The van der Waals surface area contributed by atoms with Crippen LogP contribution in [0.4, 0.5) is 5.95 Å². The number of ether oxygens (including phenoxy) is 2. The Balaban J connectivity index is 1.72. The third kappa shape index (κ3) is 5.21. The number of aromatic nitrogens is 3. The van der Waals surface area contributed by atoms with Crippen LogP contribution in [-0.2, 0) is 6.61 Å². The molecule has 1 heterocycles. The van der Waals surface area contributed by atoms with Crippen LogP contribution < -0.4 is 20.5 Å². The van der Waals surface area contributed by atoms with E-state index in [1.807, 2.05) is 0 Å². The first-order chi connectivity index (χ1) is 13.5. The summed E-state index contributed by atoms with van der Waals surface area (Å²) in [5.41, 5.74) is 3.74. The number of hydrazone groups is 1. The summed E-state index contributed by atoms with van der Waals surface area (Å²) in [6.07, 6.45) is 2.60. The lowest BCUT2D eigenvalue weighted by Crippen LogP contribution is -2.10. The third-order valence-corrected chi connectivity index (χ3v) is 4.13. The molecule has 0 bridgehead atoms. The largest absolute Gasteiger partial charge is 0.493 e. The van der Waals surface area contributed by atoms with Gasteiger partial charge in [0.1, 0.15) is 12.8 Å². The Morgan fingerprint density at radius 2 is 2.07 bits per heavy atom. The molecule has 0 amide bonds. The Bertz CT molecular complexity index is 1060. The first kappa shape index (κ1) is 19.7. The minimum atomic E-state index is -0.381. The SMILES string of the molecule is COc1ccc(/C=N/Nc2nncc(=O)[nH]2)cc1OCc1ccc(Cl)cc1Cl. The van der Waals surface area contributed by atoms with Gasteiger partial charge in [-0.3, -0.25) is 9.78 Å². The topological polar surface area (TPSA) is 101 Å². The minimum Gasteiger partial charge on any atom is -0.493 e. The number of halogens is 2. The Labute approximate surface area is 170 Å². The molecular weight excluding hydrogens is 405 g/mol. The highest BCUT2D eigenvalue weighted by atomic mass is 35.5. The van der Waals surface area contributed by atoms with Crippen LogP contribution in [0.25, 0.3) is 0 Å². The Hall–Kier alpha value is -3.10. The summed E-state index contributed by atoms with van der Waals surface area (Å²) in [7, 11) is 1.55. The van der Waals surface area contributed by atoms with Gasteiger partial charge in [-0.1, -0.05) is 29.3 Å². The van der Waals surface area contributed by atoms with Gasteiger partial charge < -0.3 is 9.47 Å². The van der Waals surface area contributed by atoms with Crippen molar-refractivity contribution in [3.05, 3.63) is 74.1 Å². The van der Waals surface area contributed by atoms with Crippen LogP contribution in [-0.4, -0.2) is 28.5 Å². The monoisotopic (exact) mass is 419 g/mol. The van der Waals surface area contributed by atoms with Crippen molar-refractivity contribution in [2.75, 3.05) is 12.5 Å². The summed E-state index contributed by atoms with van der Waals surface area (Å²) in [6, 6.07) is 10.5. The number of anilines is 1. The number of benzene rings is 2. The van der Waals surface area contributed by atoms with E-state index in [0.29, 0.717) is 21.5 Å². The number of rotatable bonds is 7. The van der Waals surface area contributed by atoms with E-state index >= 15 is 0 Å². The number of aromatic amines is 1. The van der Waals surface area contributed by atoms with Crippen LogP contribution in [0.1, 0.15) is 11.1 Å². The van der Waals surface area contributed by atoms with Crippen LogP contribution in [0.15, 0.2) is 52.5 Å². The molecule has 0 spiro atoms. The van der Waals surface area contributed by atoms with E-state index in [1.165, 1.54) is 6.21 Å². The fourth-order valence-electron chi connectivity index (χ4n) is 2.21. The highest BCUT2D eigenvalue weighted by Gasteiger charge is 2.08. The van der Waals surface area contributed by atoms with Gasteiger partial charge in [0.2, 0.25) is 5.95 Å². The standard InChI is InChI=1S/C18H15Cl2N5O3/c1-27-15-5-2-11(8-21-24-18-23-17(26)9-22-25-18)6-16(15)28-10-12-3-4-13(19)7-14(12)20/h2-9H,10H2,1H3,(H2,23,24,25,26)/b21-8+. The van der Waals surface area contributed by atoms with Crippen molar-refractivity contribution in [3.63, 3.8) is 0 Å². The van der Waals surface area contributed by atoms with Crippen LogP contribution >= 0.6 is 23.2 Å². The minimum absolute atomic E-state index is 0.131. The molecule has 0 radical (unpaired) electrons. The molecule has 1 aromatic heterocycles. The normalized spacial score (nSPS) is 10.8. The van der Waals surface area contributed by atoms with Crippen LogP contribution in [0.2, 0.25) is 10.0 Å². The molecule has 28 heavy (non-hydrogen) atoms. The predicted octanol–water partition coefficient (Wildman–Crippen LogP) is 3.51. The summed E-state index contributed by atoms with van der Waals surface area (Å²) in [6.45, 7) is 0.242. The molecule has 0 aliphatic carbocycles. The van der Waals surface area contributed by atoms with E-state index < -0.39 is 0 Å². The van der Waals surface area contributed by atoms with Crippen molar-refractivity contribution in [2.45, 2.75) is 6.61 Å². The molecule has 2 aromatic carbocycles. The van der Waals surface area contributed by atoms with Gasteiger partial charge in [0.25, 0.3) is 5.56 Å². The molecule has 0 aliphatic heterocycles. The van der Waals surface area contributed by atoms with Gasteiger partial charge in [0, 0.05) is 15.6 Å². The molecule has 0 aliphatic rings. The molecule has 0 atom stereocenters. The molecule has 2 N–H and O–H groups in total. The summed E-state index contributed by atoms with van der Waals surface area (Å²) >= 11 is 12.1. The summed E-state index contributed by atoms with van der Waals surface area (Å²) < 4.78 is 11.2. The lowest BCUT2D eigenvalue weighted by atomic mass is 10.2. The smallest absolute Gasteiger partial charge is 0.271 e. The van der Waals surface area contributed by atoms with Gasteiger partial charge in [-0.15, -0.1) is 10.2 Å². The van der Waals surface area contributed by atoms with Gasteiger partial charge in [0.15, 0.2) is 11.5 Å². The number of hydrogen-bond donors (Lipinski definition) is 2. The zero-order chi connectivity index (χ0) is 19.9. The van der Waals surface area contributed by atoms with Gasteiger partial charge in [-0.25, -0.2) is 5.43 Å². The molecule has 3 aromatic rings. The molecule has 0 fully saturated rings. The molecule has 0 unspecified atom stereocenters. The fraction of sp³-hybridized carbons (Fsp3) is 0.111. The second-order valence-corrected chi connectivity index (χ2v) is 6.33. The Morgan fingerprint density at radius 3 is 2.82 bits per heavy atom. The zero-order valence-corrected chi connectivity index (χ0v) is 16.2. The Morgan fingerprint density at radius 1 is 1.21 bits per heavy atom. The maximum absolute atomic E-state index is 11.2. The first-order valence-corrected chi connectivity index (χ1v) is 8.76. The lowest BCUT2D eigenvalue weighted by Gasteiger charge is -2.12. The fourth-order valence-corrected chi connectivity index (χ4v) is 2.67. The molecule has 3 rings (SSSR count). The van der Waals surface area contributed by atoms with Crippen molar-refractivity contribution in [1.29, 1.82) is 0 Å². The molecule has 0 saturated heterocycles. The third-order valence-electron chi connectivity index (χ3n) is 3.54. The quantitative estimate of drug-likeness (QED) is 0.448. The number of nitrogens with zero attached hydrogens (tertiary/aromatic N) is 3. The van der Waals surface area contributed by atoms with Crippen molar-refractivity contribution < 1.29 is 9.47 Å². The van der Waals surface area contributed by atoms with Gasteiger partial charge in [0.05, 0.1) is 13.3 Å². The van der Waals surface area contributed by atoms with Crippen molar-refractivity contribution in [1.82, 2.24) is 15.2 Å². The van der Waals surface area contributed by atoms with Gasteiger partial charge in [-0.2, -0.15) is 5.10 Å². The number of nitrogens with one attached hydrogen (secondary N) is 2. The molecule has 144 valence electrons. The highest BCUT2D eigenvalue weighted by Crippen LogP contribution is 2.29. The van der Waals surface area contributed by atoms with E-state index in [9.17, 15) is 4.79 Å². The summed E-state index contributed by atoms with van der Waals surface area (Å²) in [5, 5.41) is 12.3. The van der Waals surface area contributed by atoms with E-state index in [-0.39, 0.29) is 18.1 Å². The maximum atomic E-state index is 11.2.